The second-order valence-corrected chi connectivity index (χ2v) is 9.63. The molecule has 1 unspecified atom stereocenters. The van der Waals surface area contributed by atoms with Crippen LogP contribution in [0.5, 0.6) is 0 Å². The van der Waals surface area contributed by atoms with Crippen LogP contribution < -0.4 is 0 Å². The third-order valence-corrected chi connectivity index (χ3v) is 8.65. The second-order valence-electron chi connectivity index (χ2n) is 9.63. The number of hydrogen-bond donors (Lipinski definition) is 4. The number of ether oxygens (including phenoxy) is 2. The van der Waals surface area contributed by atoms with Crippen molar-refractivity contribution in [3.8, 4) is 0 Å². The number of aliphatic hydroxyl groups is 4. The van der Waals surface area contributed by atoms with Gasteiger partial charge in [0.15, 0.2) is 17.7 Å². The van der Waals surface area contributed by atoms with Crippen LogP contribution in [0.2, 0.25) is 0 Å². The zero-order chi connectivity index (χ0) is 20.4. The van der Waals surface area contributed by atoms with Crippen LogP contribution in [-0.4, -0.2) is 69.0 Å². The van der Waals surface area contributed by atoms with E-state index in [9.17, 15) is 30.0 Å². The average Bonchev–Trinajstić information content (AvgIpc) is 2.92. The van der Waals surface area contributed by atoms with Gasteiger partial charge >= 0.3 is 5.97 Å². The standard InChI is InChI=1S/C20H26O8/c1-7-4-10(21)15(24)18(3)9(7)5-11-19-6-27-20(26,17(18)19)14(23)8(2)12(19)13(22)16(25)28-11/h4,8-9,11-15,17,22-24,26H,5-6H2,1-3H3/t8-,9+,11-,12-,13-,14-,15-,17-,18-,19+,20?/m1/s1. The van der Waals surface area contributed by atoms with E-state index in [1.807, 2.05) is 0 Å². The average molecular weight is 394 g/mol. The van der Waals surface area contributed by atoms with Crippen molar-refractivity contribution in [3.05, 3.63) is 11.6 Å². The molecule has 2 bridgehead atoms. The van der Waals surface area contributed by atoms with Crippen LogP contribution in [0.1, 0.15) is 27.2 Å². The van der Waals surface area contributed by atoms with Crippen LogP contribution in [0.3, 0.4) is 0 Å². The van der Waals surface area contributed by atoms with E-state index < -0.39 is 70.5 Å². The highest BCUT2D eigenvalue weighted by atomic mass is 16.7. The summed E-state index contributed by atoms with van der Waals surface area (Å²) in [5.74, 6) is -5.79. The van der Waals surface area contributed by atoms with Crippen molar-refractivity contribution in [2.75, 3.05) is 6.61 Å². The fraction of sp³-hybridized carbons (Fsp3) is 0.800. The lowest BCUT2D eigenvalue weighted by Gasteiger charge is -2.67. The van der Waals surface area contributed by atoms with Gasteiger partial charge in [-0.05, 0) is 31.3 Å². The Kier molecular flexibility index (Phi) is 3.49. The number of rotatable bonds is 0. The van der Waals surface area contributed by atoms with Crippen LogP contribution in [0.25, 0.3) is 0 Å². The minimum atomic E-state index is -2.01. The molecule has 4 fully saturated rings. The Balaban J connectivity index is 1.79. The van der Waals surface area contributed by atoms with Gasteiger partial charge in [0.1, 0.15) is 18.3 Å². The smallest absolute Gasteiger partial charge is 0.335 e. The summed E-state index contributed by atoms with van der Waals surface area (Å²) in [6, 6.07) is 0. The van der Waals surface area contributed by atoms with Crippen LogP contribution >= 0.6 is 0 Å². The summed E-state index contributed by atoms with van der Waals surface area (Å²) in [5, 5.41) is 44.2. The molecule has 3 aliphatic carbocycles. The van der Waals surface area contributed by atoms with Gasteiger partial charge in [-0.1, -0.05) is 19.4 Å². The summed E-state index contributed by atoms with van der Waals surface area (Å²) in [7, 11) is 0. The molecule has 0 aromatic heterocycles. The number of hydrogen-bond acceptors (Lipinski definition) is 8. The first kappa shape index (κ1) is 18.7. The molecule has 4 N–H and O–H groups in total. The fourth-order valence-electron chi connectivity index (χ4n) is 7.64. The van der Waals surface area contributed by atoms with E-state index in [4.69, 9.17) is 9.47 Å². The van der Waals surface area contributed by atoms with Crippen molar-refractivity contribution in [3.63, 3.8) is 0 Å². The molecule has 2 saturated heterocycles. The monoisotopic (exact) mass is 394 g/mol. The Bertz CT molecular complexity index is 808. The highest BCUT2D eigenvalue weighted by Crippen LogP contribution is 2.73. The predicted molar refractivity (Wildman–Crippen MR) is 92.4 cm³/mol. The molecule has 5 rings (SSSR count). The Morgan fingerprint density at radius 3 is 2.57 bits per heavy atom. The van der Waals surface area contributed by atoms with Crippen molar-refractivity contribution in [2.45, 2.75) is 57.4 Å². The number of esters is 1. The van der Waals surface area contributed by atoms with E-state index in [0.29, 0.717) is 6.42 Å². The fourth-order valence-corrected chi connectivity index (χ4v) is 7.64. The molecule has 2 aliphatic heterocycles. The summed E-state index contributed by atoms with van der Waals surface area (Å²) >= 11 is 0. The largest absolute Gasteiger partial charge is 0.460 e. The van der Waals surface area contributed by atoms with Gasteiger partial charge in [-0.15, -0.1) is 0 Å². The molecule has 0 amide bonds. The van der Waals surface area contributed by atoms with Crippen molar-refractivity contribution in [2.24, 2.45) is 34.5 Å². The highest BCUT2D eigenvalue weighted by molar-refractivity contribution is 5.96. The van der Waals surface area contributed by atoms with E-state index in [-0.39, 0.29) is 12.5 Å². The molecule has 8 heteroatoms. The maximum absolute atomic E-state index is 12.5. The van der Waals surface area contributed by atoms with Gasteiger partial charge in [0.05, 0.1) is 6.61 Å². The van der Waals surface area contributed by atoms with Crippen molar-refractivity contribution >= 4 is 11.8 Å². The van der Waals surface area contributed by atoms with E-state index >= 15 is 0 Å². The van der Waals surface area contributed by atoms with Gasteiger partial charge < -0.3 is 29.9 Å². The van der Waals surface area contributed by atoms with Gasteiger partial charge in [0.25, 0.3) is 0 Å². The maximum Gasteiger partial charge on any atom is 0.335 e. The van der Waals surface area contributed by atoms with Crippen molar-refractivity contribution in [1.29, 1.82) is 0 Å². The van der Waals surface area contributed by atoms with Gasteiger partial charge in [-0.25, -0.2) is 4.79 Å². The maximum atomic E-state index is 12.5. The number of fused-ring (bicyclic) bond motifs is 1. The predicted octanol–water partition coefficient (Wildman–Crippen LogP) is -0.863. The first-order valence-electron chi connectivity index (χ1n) is 9.84. The zero-order valence-corrected chi connectivity index (χ0v) is 16.0. The molecule has 0 aromatic rings. The summed E-state index contributed by atoms with van der Waals surface area (Å²) in [6.07, 6.45) is -3.14. The van der Waals surface area contributed by atoms with Crippen LogP contribution in [0, 0.1) is 34.5 Å². The molecule has 8 nitrogen and oxygen atoms in total. The molecule has 0 aromatic carbocycles. The highest BCUT2D eigenvalue weighted by Gasteiger charge is 2.83. The Hall–Kier alpha value is -1.32. The zero-order valence-electron chi connectivity index (χ0n) is 16.0. The van der Waals surface area contributed by atoms with Crippen molar-refractivity contribution in [1.82, 2.24) is 0 Å². The molecule has 2 saturated carbocycles. The van der Waals surface area contributed by atoms with Crippen LogP contribution in [-0.2, 0) is 19.1 Å². The Morgan fingerprint density at radius 2 is 1.89 bits per heavy atom. The number of carbonyl (C=O) groups excluding carboxylic acids is 2. The first-order chi connectivity index (χ1) is 13.0. The molecular weight excluding hydrogens is 368 g/mol. The lowest BCUT2D eigenvalue weighted by Crippen LogP contribution is -2.77. The lowest BCUT2D eigenvalue weighted by molar-refractivity contribution is -0.339. The number of ketones is 1. The molecule has 5 aliphatic rings. The van der Waals surface area contributed by atoms with E-state index in [1.165, 1.54) is 6.08 Å². The number of carbonyl (C=O) groups is 2. The van der Waals surface area contributed by atoms with Gasteiger partial charge in [-0.3, -0.25) is 4.79 Å². The summed E-state index contributed by atoms with van der Waals surface area (Å²) < 4.78 is 11.4. The first-order valence-corrected chi connectivity index (χ1v) is 9.84. The van der Waals surface area contributed by atoms with Crippen LogP contribution in [0.4, 0.5) is 0 Å². The molecular formula is C20H26O8. The summed E-state index contributed by atoms with van der Waals surface area (Å²) in [4.78, 5) is 25.0. The summed E-state index contributed by atoms with van der Waals surface area (Å²) in [6.45, 7) is 5.17. The van der Waals surface area contributed by atoms with Gasteiger partial charge in [0, 0.05) is 22.7 Å². The molecule has 28 heavy (non-hydrogen) atoms. The SMILES string of the molecule is CC1=CC(=O)[C@@H](O)[C@]2(C)[C@H]3C4(O)OC[C@]35[C@H]([C@@H](C)[C@H]4O)[C@@H](O)C(=O)O[C@@H]5C[C@@H]12. The molecule has 0 radical (unpaired) electrons. The van der Waals surface area contributed by atoms with E-state index in [1.54, 1.807) is 20.8 Å². The second kappa shape index (κ2) is 5.23. The number of allylic oxidation sites excluding steroid dienone is 1. The Morgan fingerprint density at radius 1 is 1.21 bits per heavy atom. The Labute approximate surface area is 162 Å². The third kappa shape index (κ3) is 1.72. The molecule has 1 spiro atoms. The molecule has 2 heterocycles. The quantitative estimate of drug-likeness (QED) is 0.390. The molecule has 154 valence electrons. The van der Waals surface area contributed by atoms with E-state index in [2.05, 4.69) is 0 Å². The van der Waals surface area contributed by atoms with Crippen molar-refractivity contribution < 1.29 is 39.5 Å². The third-order valence-electron chi connectivity index (χ3n) is 8.65. The molecule has 11 atom stereocenters. The van der Waals surface area contributed by atoms with Crippen LogP contribution in [0.15, 0.2) is 11.6 Å². The summed E-state index contributed by atoms with van der Waals surface area (Å²) in [5.41, 5.74) is -1.40. The van der Waals surface area contributed by atoms with Gasteiger partial charge in [-0.2, -0.15) is 0 Å². The minimum absolute atomic E-state index is 0.0266. The van der Waals surface area contributed by atoms with Gasteiger partial charge in [0.2, 0.25) is 0 Å². The lowest BCUT2D eigenvalue weighted by atomic mass is 9.38. The van der Waals surface area contributed by atoms with E-state index in [0.717, 1.165) is 5.57 Å². The number of aliphatic hydroxyl groups excluding tert-OH is 3. The topological polar surface area (TPSA) is 134 Å². The normalized spacial score (nSPS) is 59.9. The minimum Gasteiger partial charge on any atom is -0.460 e.